The summed E-state index contributed by atoms with van der Waals surface area (Å²) in [7, 11) is -9.97. The van der Waals surface area contributed by atoms with Crippen LogP contribution in [0.4, 0.5) is 0 Å². The third kappa shape index (κ3) is 74.3. The first-order chi connectivity index (χ1) is 49.7. The Morgan fingerprint density at radius 2 is 0.529 bits per heavy atom. The van der Waals surface area contributed by atoms with Gasteiger partial charge in [-0.05, 0) is 116 Å². The quantitative estimate of drug-likeness (QED) is 0.0169. The van der Waals surface area contributed by atoms with Crippen molar-refractivity contribution in [3.8, 4) is 0 Å². The van der Waals surface area contributed by atoms with Crippen molar-refractivity contribution in [2.24, 2.45) is 0 Å². The van der Waals surface area contributed by atoms with Gasteiger partial charge in [0.1, 0.15) is 19.3 Å². The summed E-state index contributed by atoms with van der Waals surface area (Å²) < 4.78 is 68.5. The van der Waals surface area contributed by atoms with Crippen molar-refractivity contribution in [1.82, 2.24) is 0 Å². The highest BCUT2D eigenvalue weighted by Gasteiger charge is 2.30. The molecule has 0 aromatic carbocycles. The zero-order valence-electron chi connectivity index (χ0n) is 64.5. The van der Waals surface area contributed by atoms with Gasteiger partial charge in [0.15, 0.2) is 12.2 Å². The van der Waals surface area contributed by atoms with E-state index in [4.69, 9.17) is 37.0 Å². The van der Waals surface area contributed by atoms with Crippen LogP contribution in [0.15, 0.2) is 97.2 Å². The first-order valence-electron chi connectivity index (χ1n) is 40.5. The van der Waals surface area contributed by atoms with Gasteiger partial charge in [-0.15, -0.1) is 0 Å². The number of carbonyl (C=O) groups excluding carboxylic acids is 4. The van der Waals surface area contributed by atoms with E-state index in [2.05, 4.69) is 107 Å². The van der Waals surface area contributed by atoms with Crippen LogP contribution in [-0.2, 0) is 65.4 Å². The number of carbonyl (C=O) groups is 4. The van der Waals surface area contributed by atoms with Crippen LogP contribution < -0.4 is 0 Å². The van der Waals surface area contributed by atoms with Crippen LogP contribution in [-0.4, -0.2) is 96.7 Å². The monoisotopic (exact) mass is 1480 g/mol. The van der Waals surface area contributed by atoms with Crippen LogP contribution in [0.5, 0.6) is 0 Å². The van der Waals surface area contributed by atoms with E-state index in [-0.39, 0.29) is 25.7 Å². The van der Waals surface area contributed by atoms with E-state index < -0.39 is 97.5 Å². The molecule has 0 spiro atoms. The molecule has 102 heavy (non-hydrogen) atoms. The Labute approximate surface area is 620 Å². The fourth-order valence-corrected chi connectivity index (χ4v) is 12.5. The number of aliphatic hydroxyl groups excluding tert-OH is 1. The molecule has 0 fully saturated rings. The van der Waals surface area contributed by atoms with Gasteiger partial charge in [0.25, 0.3) is 0 Å². The summed E-state index contributed by atoms with van der Waals surface area (Å²) in [5, 5.41) is 10.6. The first kappa shape index (κ1) is 98.0. The van der Waals surface area contributed by atoms with E-state index in [0.29, 0.717) is 32.1 Å². The molecule has 0 amide bonds. The molecule has 5 atom stereocenters. The molecule has 0 aliphatic rings. The van der Waals surface area contributed by atoms with E-state index in [1.165, 1.54) is 135 Å². The number of rotatable bonds is 76. The molecule has 0 aromatic rings. The topological polar surface area (TPSA) is 237 Å². The second-order valence-corrected chi connectivity index (χ2v) is 29.9. The SMILES string of the molecule is CC/C=C\C/C=C\C/C=C\C/C=C\C/C=C\C/C=C\CCC(=O)OCC(COP(=O)(O)OCC(O)COP(=O)(O)OCC(COC(=O)CCCCCCCCCCCCCCCCC)OC(=O)CCCCCCC/C=C\CCCCCC)OC(=O)CCCCCCC/C=C\CCCCCCCC. The van der Waals surface area contributed by atoms with Crippen molar-refractivity contribution in [1.29, 1.82) is 0 Å². The smallest absolute Gasteiger partial charge is 0.462 e. The predicted molar refractivity (Wildman–Crippen MR) is 418 cm³/mol. The Kier molecular flexibility index (Phi) is 72.3. The standard InChI is InChI=1S/C83H146O17P2/c1-5-9-13-17-21-25-29-33-36-37-38-39-42-45-48-52-56-60-64-68-81(86)94-74-79(100-83(88)70-66-62-58-54-50-46-41-35-31-27-23-19-15-11-7-3)76-98-102(91,92)96-72-77(84)71-95-101(89,90)97-75-78(99-82(87)69-65-61-57-53-49-43-32-28-24-20-16-12-8-4)73-93-80(85)67-63-59-55-51-47-44-40-34-30-26-22-18-14-10-6-2/h9,13,21,25,28,32-33,35-36,38-39,41,45,48,56,60,77-79,84H,5-8,10-12,14-20,22-24,26-27,29-31,34,37,40,42-44,46-47,49-55,57-59,61-76H2,1-4H3,(H,89,90)(H,91,92)/b13-9-,25-21-,32-28-,36-33-,39-38-,41-35-,48-45-,60-56-. The molecule has 0 saturated carbocycles. The lowest BCUT2D eigenvalue weighted by Crippen LogP contribution is -2.30. The van der Waals surface area contributed by atoms with Crippen LogP contribution in [0.1, 0.15) is 349 Å². The van der Waals surface area contributed by atoms with Crippen molar-refractivity contribution < 1.29 is 80.2 Å². The maximum absolute atomic E-state index is 13.1. The van der Waals surface area contributed by atoms with Gasteiger partial charge in [0.2, 0.25) is 0 Å². The highest BCUT2D eigenvalue weighted by atomic mass is 31.2. The Morgan fingerprint density at radius 3 is 0.853 bits per heavy atom. The number of esters is 4. The van der Waals surface area contributed by atoms with Gasteiger partial charge in [-0.3, -0.25) is 37.3 Å². The van der Waals surface area contributed by atoms with Gasteiger partial charge in [-0.2, -0.15) is 0 Å². The van der Waals surface area contributed by atoms with E-state index in [9.17, 15) is 43.2 Å². The van der Waals surface area contributed by atoms with Crippen molar-refractivity contribution >= 4 is 39.5 Å². The molecule has 0 radical (unpaired) electrons. The van der Waals surface area contributed by atoms with Gasteiger partial charge >= 0.3 is 39.5 Å². The fourth-order valence-electron chi connectivity index (χ4n) is 10.9. The Bertz CT molecular complexity index is 2310. The Morgan fingerprint density at radius 1 is 0.284 bits per heavy atom. The molecular weight excluding hydrogens is 1330 g/mol. The lowest BCUT2D eigenvalue weighted by molar-refractivity contribution is -0.161. The van der Waals surface area contributed by atoms with Crippen molar-refractivity contribution in [3.05, 3.63) is 97.2 Å². The average Bonchev–Trinajstić information content (AvgIpc) is 0.924. The summed E-state index contributed by atoms with van der Waals surface area (Å²) in [5.74, 6) is -2.27. The highest BCUT2D eigenvalue weighted by molar-refractivity contribution is 7.47. The van der Waals surface area contributed by atoms with Gasteiger partial charge in [-0.1, -0.05) is 305 Å². The zero-order valence-corrected chi connectivity index (χ0v) is 66.3. The molecule has 3 N–H and O–H groups in total. The minimum absolute atomic E-state index is 0.0350. The summed E-state index contributed by atoms with van der Waals surface area (Å²) in [6, 6.07) is 0. The van der Waals surface area contributed by atoms with Crippen LogP contribution >= 0.6 is 15.6 Å². The summed E-state index contributed by atoms with van der Waals surface area (Å²) in [4.78, 5) is 73.0. The van der Waals surface area contributed by atoms with Gasteiger partial charge in [-0.25, -0.2) is 9.13 Å². The van der Waals surface area contributed by atoms with Crippen LogP contribution in [0.2, 0.25) is 0 Å². The van der Waals surface area contributed by atoms with Crippen molar-refractivity contribution in [3.63, 3.8) is 0 Å². The summed E-state index contributed by atoms with van der Waals surface area (Å²) in [6.45, 7) is 4.69. The number of phosphoric acid groups is 2. The molecule has 0 aromatic heterocycles. The second-order valence-electron chi connectivity index (χ2n) is 27.0. The average molecular weight is 1480 g/mol. The molecule has 17 nitrogen and oxygen atoms in total. The maximum Gasteiger partial charge on any atom is 0.472 e. The molecule has 0 saturated heterocycles. The molecule has 19 heteroatoms. The van der Waals surface area contributed by atoms with Crippen molar-refractivity contribution in [2.75, 3.05) is 39.6 Å². The third-order valence-corrected chi connectivity index (χ3v) is 18.9. The number of aliphatic hydroxyl groups is 1. The lowest BCUT2D eigenvalue weighted by Gasteiger charge is -2.21. The minimum atomic E-state index is -4.99. The first-order valence-corrected chi connectivity index (χ1v) is 43.5. The number of ether oxygens (including phenoxy) is 4. The van der Waals surface area contributed by atoms with E-state index in [1.807, 2.05) is 18.2 Å². The Balaban J connectivity index is 5.40. The summed E-state index contributed by atoms with van der Waals surface area (Å²) in [6.07, 6.45) is 79.7. The van der Waals surface area contributed by atoms with Crippen LogP contribution in [0.25, 0.3) is 0 Å². The number of hydrogen-bond acceptors (Lipinski definition) is 15. The van der Waals surface area contributed by atoms with Gasteiger partial charge in [0, 0.05) is 25.7 Å². The largest absolute Gasteiger partial charge is 0.472 e. The molecule has 0 rings (SSSR count). The lowest BCUT2D eigenvalue weighted by atomic mass is 10.0. The molecule has 0 bridgehead atoms. The van der Waals surface area contributed by atoms with Crippen LogP contribution in [0, 0.1) is 0 Å². The molecule has 0 heterocycles. The van der Waals surface area contributed by atoms with Gasteiger partial charge < -0.3 is 33.8 Å². The number of unbranched alkanes of at least 4 members (excludes halogenated alkanes) is 34. The molecule has 5 unspecified atom stereocenters. The molecular formula is C83H146O17P2. The summed E-state index contributed by atoms with van der Waals surface area (Å²) >= 11 is 0. The Hall–Kier alpha value is -4.02. The molecule has 0 aliphatic heterocycles. The second kappa shape index (κ2) is 75.2. The maximum atomic E-state index is 13.1. The molecule has 0 aliphatic carbocycles. The third-order valence-electron chi connectivity index (χ3n) is 17.0. The highest BCUT2D eigenvalue weighted by Crippen LogP contribution is 2.45. The zero-order chi connectivity index (χ0) is 74.6. The minimum Gasteiger partial charge on any atom is -0.462 e. The van der Waals surface area contributed by atoms with Crippen molar-refractivity contribution in [2.45, 2.75) is 367 Å². The normalized spacial score (nSPS) is 14.4. The van der Waals surface area contributed by atoms with E-state index in [1.54, 1.807) is 0 Å². The summed E-state index contributed by atoms with van der Waals surface area (Å²) in [5.41, 5.74) is 0. The number of hydrogen-bond donors (Lipinski definition) is 3. The predicted octanol–water partition coefficient (Wildman–Crippen LogP) is 23.6. The fraction of sp³-hybridized carbons (Fsp3) is 0.759. The van der Waals surface area contributed by atoms with Crippen LogP contribution in [0.3, 0.4) is 0 Å². The number of allylic oxidation sites excluding steroid dienone is 16. The molecule has 590 valence electrons. The van der Waals surface area contributed by atoms with E-state index in [0.717, 1.165) is 128 Å². The van der Waals surface area contributed by atoms with Gasteiger partial charge in [0.05, 0.1) is 26.4 Å². The van der Waals surface area contributed by atoms with E-state index >= 15 is 0 Å². The number of phosphoric ester groups is 2.